The molecule has 0 aliphatic carbocycles. The lowest BCUT2D eigenvalue weighted by molar-refractivity contribution is -0.118. The largest absolute Gasteiger partial charge is 0.379 e. The second-order valence-electron chi connectivity index (χ2n) is 6.29. The SMILES string of the molecule is O=C(CN1CCOCC1)Nc1cccc(-c2cc3ccccc3[nH]2)c1. The van der Waals surface area contributed by atoms with Gasteiger partial charge in [0, 0.05) is 40.9 Å². The Morgan fingerprint density at radius 3 is 2.76 bits per heavy atom. The van der Waals surface area contributed by atoms with Gasteiger partial charge in [-0.1, -0.05) is 30.3 Å². The van der Waals surface area contributed by atoms with Crippen molar-refractivity contribution in [3.05, 3.63) is 54.6 Å². The summed E-state index contributed by atoms with van der Waals surface area (Å²) in [6.45, 7) is 3.41. The van der Waals surface area contributed by atoms with Gasteiger partial charge < -0.3 is 15.0 Å². The highest BCUT2D eigenvalue weighted by molar-refractivity contribution is 5.93. The Morgan fingerprint density at radius 2 is 1.92 bits per heavy atom. The number of fused-ring (bicyclic) bond motifs is 1. The quantitative estimate of drug-likeness (QED) is 0.770. The number of nitrogens with one attached hydrogen (secondary N) is 2. The van der Waals surface area contributed by atoms with Crippen molar-refractivity contribution in [2.45, 2.75) is 0 Å². The van der Waals surface area contributed by atoms with E-state index >= 15 is 0 Å². The van der Waals surface area contributed by atoms with E-state index in [1.807, 2.05) is 36.4 Å². The molecule has 2 N–H and O–H groups in total. The maximum atomic E-state index is 12.3. The molecule has 0 unspecified atom stereocenters. The van der Waals surface area contributed by atoms with Gasteiger partial charge in [0.2, 0.25) is 5.91 Å². The fourth-order valence-corrected chi connectivity index (χ4v) is 3.16. The van der Waals surface area contributed by atoms with E-state index in [0.717, 1.165) is 35.6 Å². The first-order valence-electron chi connectivity index (χ1n) is 8.56. The molecule has 1 aromatic heterocycles. The Balaban J connectivity index is 1.48. The van der Waals surface area contributed by atoms with E-state index in [4.69, 9.17) is 4.74 Å². The number of rotatable bonds is 4. The summed E-state index contributed by atoms with van der Waals surface area (Å²) in [5.41, 5.74) is 4.03. The van der Waals surface area contributed by atoms with Gasteiger partial charge in [-0.15, -0.1) is 0 Å². The van der Waals surface area contributed by atoms with Crippen molar-refractivity contribution in [2.75, 3.05) is 38.2 Å². The fourth-order valence-electron chi connectivity index (χ4n) is 3.16. The summed E-state index contributed by atoms with van der Waals surface area (Å²) in [5.74, 6) is 0.00990. The highest BCUT2D eigenvalue weighted by atomic mass is 16.5. The summed E-state index contributed by atoms with van der Waals surface area (Å²) >= 11 is 0. The van der Waals surface area contributed by atoms with Gasteiger partial charge >= 0.3 is 0 Å². The van der Waals surface area contributed by atoms with Crippen molar-refractivity contribution in [1.29, 1.82) is 0 Å². The van der Waals surface area contributed by atoms with E-state index < -0.39 is 0 Å². The number of amides is 1. The molecule has 2 heterocycles. The van der Waals surface area contributed by atoms with Crippen LogP contribution >= 0.6 is 0 Å². The van der Waals surface area contributed by atoms with E-state index in [1.54, 1.807) is 0 Å². The Hall–Kier alpha value is -2.63. The van der Waals surface area contributed by atoms with Crippen molar-refractivity contribution < 1.29 is 9.53 Å². The summed E-state index contributed by atoms with van der Waals surface area (Å²) < 4.78 is 5.31. The molecule has 0 radical (unpaired) electrons. The third kappa shape index (κ3) is 3.73. The molecule has 4 rings (SSSR count). The molecule has 5 heteroatoms. The van der Waals surface area contributed by atoms with Crippen molar-refractivity contribution in [1.82, 2.24) is 9.88 Å². The van der Waals surface area contributed by atoms with Crippen molar-refractivity contribution >= 4 is 22.5 Å². The molecule has 5 nitrogen and oxygen atoms in total. The molecule has 25 heavy (non-hydrogen) atoms. The molecule has 1 aliphatic rings. The van der Waals surface area contributed by atoms with E-state index in [9.17, 15) is 4.79 Å². The zero-order chi connectivity index (χ0) is 17.1. The molecule has 2 aromatic carbocycles. The van der Waals surface area contributed by atoms with Crippen LogP contribution in [0.4, 0.5) is 5.69 Å². The molecule has 3 aromatic rings. The minimum Gasteiger partial charge on any atom is -0.379 e. The number of para-hydroxylation sites is 1. The van der Waals surface area contributed by atoms with Gasteiger partial charge in [-0.2, -0.15) is 0 Å². The number of aromatic nitrogens is 1. The van der Waals surface area contributed by atoms with Crippen molar-refractivity contribution in [3.8, 4) is 11.3 Å². The van der Waals surface area contributed by atoms with Crippen LogP contribution in [0.3, 0.4) is 0 Å². The summed E-state index contributed by atoms with van der Waals surface area (Å²) in [6, 6.07) is 18.3. The normalized spacial score (nSPS) is 15.4. The highest BCUT2D eigenvalue weighted by Crippen LogP contribution is 2.26. The summed E-state index contributed by atoms with van der Waals surface area (Å²) in [4.78, 5) is 17.8. The first kappa shape index (κ1) is 15.9. The van der Waals surface area contributed by atoms with Gasteiger partial charge in [-0.05, 0) is 24.3 Å². The van der Waals surface area contributed by atoms with Crippen LogP contribution in [0.5, 0.6) is 0 Å². The summed E-state index contributed by atoms with van der Waals surface area (Å²) in [6.07, 6.45) is 0. The maximum absolute atomic E-state index is 12.3. The number of hydrogen-bond donors (Lipinski definition) is 2. The summed E-state index contributed by atoms with van der Waals surface area (Å²) in [7, 11) is 0. The van der Waals surface area contributed by atoms with Crippen LogP contribution in [0.25, 0.3) is 22.2 Å². The topological polar surface area (TPSA) is 57.4 Å². The number of anilines is 1. The number of morpholine rings is 1. The maximum Gasteiger partial charge on any atom is 0.238 e. The number of carbonyl (C=O) groups excluding carboxylic acids is 1. The number of aromatic amines is 1. The second kappa shape index (κ2) is 7.09. The average Bonchev–Trinajstić information content (AvgIpc) is 3.07. The number of nitrogens with zero attached hydrogens (tertiary/aromatic N) is 1. The van der Waals surface area contributed by atoms with Crippen LogP contribution in [0.1, 0.15) is 0 Å². The Kier molecular flexibility index (Phi) is 4.50. The van der Waals surface area contributed by atoms with Gasteiger partial charge in [-0.25, -0.2) is 0 Å². The molecule has 1 aliphatic heterocycles. The van der Waals surface area contributed by atoms with Gasteiger partial charge in [0.1, 0.15) is 0 Å². The second-order valence-corrected chi connectivity index (χ2v) is 6.29. The third-order valence-electron chi connectivity index (χ3n) is 4.46. The first-order valence-corrected chi connectivity index (χ1v) is 8.56. The lowest BCUT2D eigenvalue weighted by atomic mass is 10.1. The Bertz CT molecular complexity index is 848. The number of ether oxygens (including phenoxy) is 1. The standard InChI is InChI=1S/C20H21N3O2/c24-20(14-23-8-10-25-11-9-23)21-17-6-3-5-15(12-17)19-13-16-4-1-2-7-18(16)22-19/h1-7,12-13,22H,8-11,14H2,(H,21,24). The van der Waals surface area contributed by atoms with Crippen LogP contribution in [0.2, 0.25) is 0 Å². The van der Waals surface area contributed by atoms with Crippen LogP contribution in [-0.2, 0) is 9.53 Å². The molecule has 1 fully saturated rings. The Labute approximate surface area is 146 Å². The molecule has 128 valence electrons. The van der Waals surface area contributed by atoms with Crippen LogP contribution in [0, 0.1) is 0 Å². The molecule has 1 saturated heterocycles. The van der Waals surface area contributed by atoms with Gasteiger partial charge in [0.25, 0.3) is 0 Å². The minimum absolute atomic E-state index is 0.00990. The first-order chi connectivity index (χ1) is 12.3. The molecule has 0 spiro atoms. The van der Waals surface area contributed by atoms with Crippen LogP contribution < -0.4 is 5.32 Å². The average molecular weight is 335 g/mol. The summed E-state index contributed by atoms with van der Waals surface area (Å²) in [5, 5.41) is 4.18. The number of H-pyrrole nitrogens is 1. The van der Waals surface area contributed by atoms with Crippen LogP contribution in [0.15, 0.2) is 54.6 Å². The zero-order valence-electron chi connectivity index (χ0n) is 14.0. The van der Waals surface area contributed by atoms with E-state index in [2.05, 4.69) is 33.4 Å². The zero-order valence-corrected chi connectivity index (χ0v) is 14.0. The molecular weight excluding hydrogens is 314 g/mol. The van der Waals surface area contributed by atoms with E-state index in [-0.39, 0.29) is 5.91 Å². The number of hydrogen-bond acceptors (Lipinski definition) is 3. The van der Waals surface area contributed by atoms with Crippen LogP contribution in [-0.4, -0.2) is 48.6 Å². The van der Waals surface area contributed by atoms with Crippen molar-refractivity contribution in [2.24, 2.45) is 0 Å². The van der Waals surface area contributed by atoms with Crippen molar-refractivity contribution in [3.63, 3.8) is 0 Å². The molecular formula is C20H21N3O2. The van der Waals surface area contributed by atoms with Gasteiger partial charge in [-0.3, -0.25) is 9.69 Å². The van der Waals surface area contributed by atoms with Gasteiger partial charge in [0.05, 0.1) is 19.8 Å². The van der Waals surface area contributed by atoms with E-state index in [0.29, 0.717) is 19.8 Å². The predicted molar refractivity (Wildman–Crippen MR) is 99.6 cm³/mol. The Morgan fingerprint density at radius 1 is 1.08 bits per heavy atom. The minimum atomic E-state index is 0.00990. The predicted octanol–water partition coefficient (Wildman–Crippen LogP) is 3.11. The van der Waals surface area contributed by atoms with E-state index in [1.165, 1.54) is 5.39 Å². The third-order valence-corrected chi connectivity index (χ3v) is 4.46. The molecule has 0 saturated carbocycles. The fraction of sp³-hybridized carbons (Fsp3) is 0.250. The highest BCUT2D eigenvalue weighted by Gasteiger charge is 2.14. The lowest BCUT2D eigenvalue weighted by Gasteiger charge is -2.25. The molecule has 0 atom stereocenters. The smallest absolute Gasteiger partial charge is 0.238 e. The van der Waals surface area contributed by atoms with Gasteiger partial charge in [0.15, 0.2) is 0 Å². The molecule has 1 amide bonds. The number of carbonyl (C=O) groups is 1. The monoisotopic (exact) mass is 335 g/mol. The molecule has 0 bridgehead atoms. The number of benzene rings is 2. The lowest BCUT2D eigenvalue weighted by Crippen LogP contribution is -2.41.